The number of likely N-dealkylation sites (tertiary alicyclic amines) is 1. The van der Waals surface area contributed by atoms with Gasteiger partial charge in [-0.3, -0.25) is 4.79 Å². The van der Waals surface area contributed by atoms with Crippen LogP contribution in [-0.2, 0) is 0 Å². The van der Waals surface area contributed by atoms with Crippen LogP contribution in [0.2, 0.25) is 0 Å². The van der Waals surface area contributed by atoms with Gasteiger partial charge in [-0.05, 0) is 74.6 Å². The highest BCUT2D eigenvalue weighted by Gasteiger charge is 2.33. The number of aryl methyl sites for hydroxylation is 1. The van der Waals surface area contributed by atoms with E-state index in [9.17, 15) is 14.3 Å². The molecule has 138 valence electrons. The average Bonchev–Trinajstić information content (AvgIpc) is 2.61. The Morgan fingerprint density at radius 2 is 1.88 bits per heavy atom. The number of aliphatic hydroxyl groups is 1. The molecule has 0 saturated carbocycles. The second-order valence-electron chi connectivity index (χ2n) is 7.78. The Bertz CT molecular complexity index is 793. The summed E-state index contributed by atoms with van der Waals surface area (Å²) in [5.41, 5.74) is 2.67. The van der Waals surface area contributed by atoms with E-state index in [4.69, 9.17) is 0 Å². The van der Waals surface area contributed by atoms with Gasteiger partial charge in [-0.15, -0.1) is 0 Å². The van der Waals surface area contributed by atoms with Crippen LogP contribution in [0.25, 0.3) is 11.1 Å². The van der Waals surface area contributed by atoms with Gasteiger partial charge in [-0.2, -0.15) is 0 Å². The van der Waals surface area contributed by atoms with Gasteiger partial charge in [0.1, 0.15) is 5.82 Å². The molecule has 1 unspecified atom stereocenters. The van der Waals surface area contributed by atoms with E-state index in [1.807, 2.05) is 49.9 Å². The number of hydrogen-bond acceptors (Lipinski definition) is 2. The highest BCUT2D eigenvalue weighted by atomic mass is 19.1. The number of halogens is 1. The van der Waals surface area contributed by atoms with Gasteiger partial charge in [0.15, 0.2) is 0 Å². The molecule has 1 saturated heterocycles. The summed E-state index contributed by atoms with van der Waals surface area (Å²) >= 11 is 0. The summed E-state index contributed by atoms with van der Waals surface area (Å²) in [4.78, 5) is 14.7. The summed E-state index contributed by atoms with van der Waals surface area (Å²) in [6.07, 6.45) is 1.85. The number of carbonyl (C=O) groups excluding carboxylic acids is 1. The molecule has 2 aromatic rings. The van der Waals surface area contributed by atoms with E-state index >= 15 is 0 Å². The lowest BCUT2D eigenvalue weighted by Crippen LogP contribution is -2.46. The largest absolute Gasteiger partial charge is 0.390 e. The van der Waals surface area contributed by atoms with Crippen LogP contribution in [-0.4, -0.2) is 34.6 Å². The summed E-state index contributed by atoms with van der Waals surface area (Å²) in [7, 11) is 0. The van der Waals surface area contributed by atoms with Crippen LogP contribution >= 0.6 is 0 Å². The van der Waals surface area contributed by atoms with E-state index in [0.717, 1.165) is 36.1 Å². The van der Waals surface area contributed by atoms with Gasteiger partial charge in [-0.1, -0.05) is 18.2 Å². The smallest absolute Gasteiger partial charge is 0.253 e. The highest BCUT2D eigenvalue weighted by Crippen LogP contribution is 2.28. The topological polar surface area (TPSA) is 40.5 Å². The van der Waals surface area contributed by atoms with Crippen LogP contribution in [0.15, 0.2) is 42.5 Å². The fraction of sp³-hybridized carbons (Fsp3) is 0.409. The average molecular weight is 355 g/mol. The molecular weight excluding hydrogens is 329 g/mol. The summed E-state index contributed by atoms with van der Waals surface area (Å²) in [6, 6.07) is 12.2. The van der Waals surface area contributed by atoms with Crippen molar-refractivity contribution in [3.05, 3.63) is 59.4 Å². The minimum absolute atomic E-state index is 0.00123. The van der Waals surface area contributed by atoms with E-state index in [1.54, 1.807) is 6.07 Å². The Balaban J connectivity index is 1.77. The molecule has 0 spiro atoms. The minimum Gasteiger partial charge on any atom is -0.390 e. The number of piperidine rings is 1. The van der Waals surface area contributed by atoms with Crippen molar-refractivity contribution in [2.75, 3.05) is 13.1 Å². The molecule has 1 aliphatic rings. The van der Waals surface area contributed by atoms with Crippen molar-refractivity contribution in [3.8, 4) is 11.1 Å². The van der Waals surface area contributed by atoms with Crippen molar-refractivity contribution >= 4 is 5.91 Å². The quantitative estimate of drug-likeness (QED) is 0.885. The summed E-state index contributed by atoms with van der Waals surface area (Å²) < 4.78 is 13.3. The predicted octanol–water partition coefficient (Wildman–Crippen LogP) is 4.42. The van der Waals surface area contributed by atoms with E-state index < -0.39 is 5.60 Å². The maximum absolute atomic E-state index is 13.3. The standard InChI is InChI=1S/C22H26FNO2/c1-15-13-19(23)10-11-20(15)16-6-8-17(9-7-16)21(25)24-12-4-5-18(14-24)22(2,3)26/h6-11,13,18,26H,4-5,12,14H2,1-3H3. The molecule has 0 radical (unpaired) electrons. The van der Waals surface area contributed by atoms with Crippen molar-refractivity contribution in [2.24, 2.45) is 5.92 Å². The second-order valence-corrected chi connectivity index (χ2v) is 7.78. The summed E-state index contributed by atoms with van der Waals surface area (Å²) in [5.74, 6) is -0.146. The number of carbonyl (C=O) groups is 1. The SMILES string of the molecule is Cc1cc(F)ccc1-c1ccc(C(=O)N2CCCC(C(C)(C)O)C2)cc1. The first kappa shape index (κ1) is 18.6. The Kier molecular flexibility index (Phi) is 5.15. The molecule has 1 amide bonds. The molecule has 1 aliphatic heterocycles. The van der Waals surface area contributed by atoms with Crippen LogP contribution in [0, 0.1) is 18.7 Å². The second kappa shape index (κ2) is 7.20. The molecule has 1 N–H and O–H groups in total. The lowest BCUT2D eigenvalue weighted by Gasteiger charge is -2.38. The zero-order chi connectivity index (χ0) is 18.9. The van der Waals surface area contributed by atoms with Crippen molar-refractivity contribution in [2.45, 2.75) is 39.2 Å². The molecule has 4 heteroatoms. The van der Waals surface area contributed by atoms with Gasteiger partial charge >= 0.3 is 0 Å². The van der Waals surface area contributed by atoms with Crippen LogP contribution < -0.4 is 0 Å². The number of benzene rings is 2. The molecule has 0 bridgehead atoms. The Labute approximate surface area is 154 Å². The molecule has 3 rings (SSSR count). The number of nitrogens with zero attached hydrogens (tertiary/aromatic N) is 1. The Morgan fingerprint density at radius 1 is 1.19 bits per heavy atom. The Morgan fingerprint density at radius 3 is 2.50 bits per heavy atom. The molecule has 2 aromatic carbocycles. The highest BCUT2D eigenvalue weighted by molar-refractivity contribution is 5.94. The number of hydrogen-bond donors (Lipinski definition) is 1. The third kappa shape index (κ3) is 3.96. The van der Waals surface area contributed by atoms with Crippen LogP contribution in [0.5, 0.6) is 0 Å². The van der Waals surface area contributed by atoms with Crippen molar-refractivity contribution in [1.82, 2.24) is 4.90 Å². The van der Waals surface area contributed by atoms with Crippen LogP contribution in [0.4, 0.5) is 4.39 Å². The van der Waals surface area contributed by atoms with Gasteiger partial charge in [0.05, 0.1) is 5.60 Å². The predicted molar refractivity (Wildman–Crippen MR) is 101 cm³/mol. The molecule has 0 aliphatic carbocycles. The number of rotatable bonds is 3. The zero-order valence-corrected chi connectivity index (χ0v) is 15.6. The van der Waals surface area contributed by atoms with Crippen molar-refractivity contribution in [1.29, 1.82) is 0 Å². The molecule has 0 aromatic heterocycles. The zero-order valence-electron chi connectivity index (χ0n) is 15.6. The maximum Gasteiger partial charge on any atom is 0.253 e. The Hall–Kier alpha value is -2.20. The van der Waals surface area contributed by atoms with E-state index in [-0.39, 0.29) is 17.6 Å². The third-order valence-electron chi connectivity index (χ3n) is 5.34. The monoisotopic (exact) mass is 355 g/mol. The van der Waals surface area contributed by atoms with Gasteiger partial charge < -0.3 is 10.0 Å². The molecular formula is C22H26FNO2. The molecule has 3 nitrogen and oxygen atoms in total. The van der Waals surface area contributed by atoms with Crippen molar-refractivity contribution in [3.63, 3.8) is 0 Å². The van der Waals surface area contributed by atoms with Crippen LogP contribution in [0.3, 0.4) is 0 Å². The minimum atomic E-state index is -0.775. The lowest BCUT2D eigenvalue weighted by molar-refractivity contribution is -0.0146. The van der Waals surface area contributed by atoms with Gasteiger partial charge in [-0.25, -0.2) is 4.39 Å². The van der Waals surface area contributed by atoms with E-state index in [0.29, 0.717) is 12.1 Å². The maximum atomic E-state index is 13.3. The van der Waals surface area contributed by atoms with Crippen molar-refractivity contribution < 1.29 is 14.3 Å². The third-order valence-corrected chi connectivity index (χ3v) is 5.34. The molecule has 1 atom stereocenters. The normalized spacial score (nSPS) is 18.0. The summed E-state index contributed by atoms with van der Waals surface area (Å²) in [6.45, 7) is 6.81. The first-order valence-corrected chi connectivity index (χ1v) is 9.14. The van der Waals surface area contributed by atoms with E-state index in [2.05, 4.69) is 0 Å². The number of amides is 1. The fourth-order valence-corrected chi connectivity index (χ4v) is 3.66. The van der Waals surface area contributed by atoms with E-state index in [1.165, 1.54) is 12.1 Å². The van der Waals surface area contributed by atoms with Crippen LogP contribution in [0.1, 0.15) is 42.6 Å². The summed E-state index contributed by atoms with van der Waals surface area (Å²) in [5, 5.41) is 10.3. The molecule has 26 heavy (non-hydrogen) atoms. The molecule has 1 fully saturated rings. The van der Waals surface area contributed by atoms with Gasteiger partial charge in [0.25, 0.3) is 5.91 Å². The lowest BCUT2D eigenvalue weighted by atomic mass is 9.84. The van der Waals surface area contributed by atoms with Gasteiger partial charge in [0.2, 0.25) is 0 Å². The van der Waals surface area contributed by atoms with Gasteiger partial charge in [0, 0.05) is 24.6 Å². The first-order chi connectivity index (χ1) is 12.3. The first-order valence-electron chi connectivity index (χ1n) is 9.14. The molecule has 1 heterocycles. The fourth-order valence-electron chi connectivity index (χ4n) is 3.66.